The van der Waals surface area contributed by atoms with Crippen molar-refractivity contribution in [2.75, 3.05) is 30.3 Å². The van der Waals surface area contributed by atoms with Gasteiger partial charge in [-0.3, -0.25) is 5.41 Å². The first-order chi connectivity index (χ1) is 8.24. The van der Waals surface area contributed by atoms with Crippen LogP contribution in [-0.4, -0.2) is 30.5 Å². The van der Waals surface area contributed by atoms with Crippen molar-refractivity contribution in [2.45, 2.75) is 19.8 Å². The molecule has 1 aromatic carbocycles. The Morgan fingerprint density at radius 2 is 2.06 bits per heavy atom. The average molecular weight is 232 g/mol. The number of para-hydroxylation sites is 2. The van der Waals surface area contributed by atoms with E-state index in [1.54, 1.807) is 0 Å². The molecule has 0 bridgehead atoms. The number of hydrogen-bond acceptors (Lipinski definition) is 2. The molecule has 1 aromatic rings. The molecule has 4 nitrogen and oxygen atoms in total. The summed E-state index contributed by atoms with van der Waals surface area (Å²) in [6, 6.07) is 7.76. The normalized spacial score (nSPS) is 15.7. The Kier molecular flexibility index (Phi) is 3.52. The van der Waals surface area contributed by atoms with E-state index in [-0.39, 0.29) is 0 Å². The molecule has 0 amide bonds. The van der Waals surface area contributed by atoms with Crippen molar-refractivity contribution < 1.29 is 0 Å². The molecule has 4 heteroatoms. The van der Waals surface area contributed by atoms with Crippen LogP contribution in [0.2, 0.25) is 0 Å². The predicted octanol–water partition coefficient (Wildman–Crippen LogP) is 2.13. The molecule has 92 valence electrons. The number of nitrogens with zero attached hydrogens (tertiary/aromatic N) is 2. The van der Waals surface area contributed by atoms with Gasteiger partial charge in [0.2, 0.25) is 0 Å². The van der Waals surface area contributed by atoms with Crippen molar-refractivity contribution in [2.24, 2.45) is 0 Å². The second-order valence-corrected chi connectivity index (χ2v) is 4.37. The fraction of sp³-hybridized carbons (Fsp3) is 0.462. The lowest BCUT2D eigenvalue weighted by molar-refractivity contribution is 0.445. The molecular weight excluding hydrogens is 212 g/mol. The number of rotatable bonds is 4. The predicted molar refractivity (Wildman–Crippen MR) is 72.4 cm³/mol. The Labute approximate surface area is 103 Å². The van der Waals surface area contributed by atoms with E-state index in [1.807, 2.05) is 29.2 Å². The van der Waals surface area contributed by atoms with Gasteiger partial charge in [-0.15, -0.1) is 0 Å². The topological polar surface area (TPSA) is 56.4 Å². The quantitative estimate of drug-likeness (QED) is 0.782. The van der Waals surface area contributed by atoms with Gasteiger partial charge in [-0.25, -0.2) is 0 Å². The molecule has 17 heavy (non-hydrogen) atoms. The molecule has 3 N–H and O–H groups in total. The van der Waals surface area contributed by atoms with Crippen LogP contribution in [-0.2, 0) is 0 Å². The molecule has 0 spiro atoms. The summed E-state index contributed by atoms with van der Waals surface area (Å²) in [7, 11) is 0. The molecule has 1 aliphatic rings. The molecule has 0 atom stereocenters. The summed E-state index contributed by atoms with van der Waals surface area (Å²) < 4.78 is 0. The second kappa shape index (κ2) is 5.08. The van der Waals surface area contributed by atoms with Crippen molar-refractivity contribution in [3.8, 4) is 0 Å². The summed E-state index contributed by atoms with van der Waals surface area (Å²) in [6.07, 6.45) is 2.30. The molecular formula is C13H20N4. The van der Waals surface area contributed by atoms with Crippen LogP contribution in [0.3, 0.4) is 0 Å². The summed E-state index contributed by atoms with van der Waals surface area (Å²) in [5, 5.41) is 8.17. The molecule has 0 aromatic heterocycles. The highest BCUT2D eigenvalue weighted by atomic mass is 15.4. The summed E-state index contributed by atoms with van der Waals surface area (Å²) >= 11 is 0. The van der Waals surface area contributed by atoms with Gasteiger partial charge in [0.05, 0.1) is 11.4 Å². The third-order valence-corrected chi connectivity index (χ3v) is 3.16. The number of nitrogen functional groups attached to an aromatic ring is 1. The molecule has 1 fully saturated rings. The Bertz CT molecular complexity index is 402. The van der Waals surface area contributed by atoms with Gasteiger partial charge in [0, 0.05) is 19.6 Å². The van der Waals surface area contributed by atoms with E-state index in [4.69, 9.17) is 11.1 Å². The number of benzene rings is 1. The van der Waals surface area contributed by atoms with E-state index < -0.39 is 0 Å². The monoisotopic (exact) mass is 232 g/mol. The van der Waals surface area contributed by atoms with E-state index in [1.165, 1.54) is 0 Å². The molecule has 2 rings (SSSR count). The van der Waals surface area contributed by atoms with Crippen LogP contribution in [0.15, 0.2) is 24.3 Å². The van der Waals surface area contributed by atoms with Crippen molar-refractivity contribution in [1.29, 1.82) is 5.41 Å². The summed E-state index contributed by atoms with van der Waals surface area (Å²) in [5.74, 6) is 0.580. The minimum atomic E-state index is 0.580. The Hall–Kier alpha value is -1.71. The minimum absolute atomic E-state index is 0.580. The first kappa shape index (κ1) is 11.8. The molecule has 0 aliphatic carbocycles. The average Bonchev–Trinajstić information content (AvgIpc) is 2.69. The zero-order valence-corrected chi connectivity index (χ0v) is 10.3. The molecule has 1 saturated heterocycles. The maximum Gasteiger partial charge on any atom is 0.198 e. The van der Waals surface area contributed by atoms with Crippen LogP contribution < -0.4 is 10.6 Å². The van der Waals surface area contributed by atoms with E-state index in [9.17, 15) is 0 Å². The van der Waals surface area contributed by atoms with Gasteiger partial charge in [-0.1, -0.05) is 25.5 Å². The van der Waals surface area contributed by atoms with E-state index >= 15 is 0 Å². The van der Waals surface area contributed by atoms with Crippen LogP contribution in [0.4, 0.5) is 11.4 Å². The van der Waals surface area contributed by atoms with Crippen LogP contribution in [0, 0.1) is 5.41 Å². The maximum atomic E-state index is 8.17. The van der Waals surface area contributed by atoms with Crippen LogP contribution in [0.25, 0.3) is 0 Å². The van der Waals surface area contributed by atoms with Gasteiger partial charge in [-0.2, -0.15) is 0 Å². The highest BCUT2D eigenvalue weighted by Crippen LogP contribution is 2.25. The zero-order chi connectivity index (χ0) is 12.3. The second-order valence-electron chi connectivity index (χ2n) is 4.37. The van der Waals surface area contributed by atoms with Gasteiger partial charge >= 0.3 is 0 Å². The van der Waals surface area contributed by atoms with Crippen molar-refractivity contribution in [3.63, 3.8) is 0 Å². The van der Waals surface area contributed by atoms with Gasteiger partial charge < -0.3 is 15.5 Å². The SMILES string of the molecule is CCCCN1CCN(c2ccccc2N)C1=N. The zero-order valence-electron chi connectivity index (χ0n) is 10.3. The van der Waals surface area contributed by atoms with Crippen molar-refractivity contribution >= 4 is 17.3 Å². The van der Waals surface area contributed by atoms with E-state index in [0.29, 0.717) is 5.96 Å². The third kappa shape index (κ3) is 2.35. The fourth-order valence-corrected chi connectivity index (χ4v) is 2.14. The molecule has 0 unspecified atom stereocenters. The lowest BCUT2D eigenvalue weighted by Gasteiger charge is -2.22. The first-order valence-corrected chi connectivity index (χ1v) is 6.19. The van der Waals surface area contributed by atoms with Gasteiger partial charge in [0.1, 0.15) is 0 Å². The first-order valence-electron chi connectivity index (χ1n) is 6.19. The van der Waals surface area contributed by atoms with Crippen LogP contribution in [0.5, 0.6) is 0 Å². The number of nitrogens with two attached hydrogens (primary N) is 1. The van der Waals surface area contributed by atoms with Crippen LogP contribution in [0.1, 0.15) is 19.8 Å². The van der Waals surface area contributed by atoms with Gasteiger partial charge in [-0.05, 0) is 18.6 Å². The lowest BCUT2D eigenvalue weighted by Crippen LogP contribution is -2.33. The van der Waals surface area contributed by atoms with E-state index in [2.05, 4.69) is 11.8 Å². The smallest absolute Gasteiger partial charge is 0.198 e. The molecule has 1 heterocycles. The Balaban J connectivity index is 2.10. The highest BCUT2D eigenvalue weighted by molar-refractivity contribution is 5.98. The Morgan fingerprint density at radius 3 is 2.76 bits per heavy atom. The molecule has 0 radical (unpaired) electrons. The fourth-order valence-electron chi connectivity index (χ4n) is 2.14. The van der Waals surface area contributed by atoms with E-state index in [0.717, 1.165) is 43.9 Å². The van der Waals surface area contributed by atoms with Gasteiger partial charge in [0.15, 0.2) is 5.96 Å². The van der Waals surface area contributed by atoms with Gasteiger partial charge in [0.25, 0.3) is 0 Å². The minimum Gasteiger partial charge on any atom is -0.397 e. The highest BCUT2D eigenvalue weighted by Gasteiger charge is 2.26. The maximum absolute atomic E-state index is 8.17. The molecule has 1 aliphatic heterocycles. The number of hydrogen-bond donors (Lipinski definition) is 2. The Morgan fingerprint density at radius 1 is 1.29 bits per heavy atom. The van der Waals surface area contributed by atoms with Crippen LogP contribution >= 0.6 is 0 Å². The summed E-state index contributed by atoms with van der Waals surface area (Å²) in [6.45, 7) is 4.93. The third-order valence-electron chi connectivity index (χ3n) is 3.16. The standard InChI is InChI=1S/C13H20N4/c1-2-3-8-16-9-10-17(13(16)15)12-7-5-4-6-11(12)14/h4-7,15H,2-3,8-10,14H2,1H3. The largest absolute Gasteiger partial charge is 0.397 e. The number of unbranched alkanes of at least 4 members (excludes halogenated alkanes) is 1. The summed E-state index contributed by atoms with van der Waals surface area (Å²) in [5.41, 5.74) is 7.65. The van der Waals surface area contributed by atoms with Crippen molar-refractivity contribution in [3.05, 3.63) is 24.3 Å². The molecule has 0 saturated carbocycles. The number of nitrogens with one attached hydrogen (secondary N) is 1. The number of anilines is 2. The summed E-state index contributed by atoms with van der Waals surface area (Å²) in [4.78, 5) is 4.11. The van der Waals surface area contributed by atoms with Crippen molar-refractivity contribution in [1.82, 2.24) is 4.90 Å². The number of guanidine groups is 1. The lowest BCUT2D eigenvalue weighted by atomic mass is 10.2.